The zero-order chi connectivity index (χ0) is 24.2. The summed E-state index contributed by atoms with van der Waals surface area (Å²) in [6.07, 6.45) is 1.12. The molecule has 0 bridgehead atoms. The normalized spacial score (nSPS) is 10.6. The first-order valence-electron chi connectivity index (χ1n) is 9.76. The maximum absolute atomic E-state index is 12.8. The van der Waals surface area contributed by atoms with Crippen LogP contribution in [0.4, 0.5) is 5.69 Å². The van der Waals surface area contributed by atoms with Gasteiger partial charge in [0.05, 0.1) is 29.3 Å². The lowest BCUT2D eigenvalue weighted by Crippen LogP contribution is -2.12. The van der Waals surface area contributed by atoms with Crippen LogP contribution in [0.15, 0.2) is 82.2 Å². The minimum atomic E-state index is -0.777. The Morgan fingerprint density at radius 3 is 2.38 bits per heavy atom. The summed E-state index contributed by atoms with van der Waals surface area (Å²) in [7, 11) is 1.27. The molecule has 0 radical (unpaired) electrons. The van der Waals surface area contributed by atoms with Gasteiger partial charge < -0.3 is 29.1 Å². The summed E-state index contributed by atoms with van der Waals surface area (Å²) in [4.78, 5) is 36.7. The van der Waals surface area contributed by atoms with Gasteiger partial charge in [0, 0.05) is 6.07 Å². The van der Waals surface area contributed by atoms with Crippen LogP contribution in [0.25, 0.3) is 11.0 Å². The van der Waals surface area contributed by atoms with Crippen molar-refractivity contribution < 1.29 is 33.4 Å². The first-order chi connectivity index (χ1) is 16.4. The number of fused-ring (bicyclic) bond motifs is 1. The number of hydrogen-bond donors (Lipinski definition) is 1. The molecule has 0 unspecified atom stereocenters. The molecule has 4 rings (SSSR count). The van der Waals surface area contributed by atoms with Crippen LogP contribution in [0.3, 0.4) is 0 Å². The fraction of sp³-hybridized carbons (Fsp3) is 0.0417. The number of carbonyl (C=O) groups is 2. The molecule has 10 heteroatoms. The van der Waals surface area contributed by atoms with E-state index in [0.717, 1.165) is 12.3 Å². The maximum Gasteiger partial charge on any atom is 0.343 e. The van der Waals surface area contributed by atoms with E-state index >= 15 is 0 Å². The number of methoxy groups -OCH3 is 1. The predicted molar refractivity (Wildman–Crippen MR) is 119 cm³/mol. The summed E-state index contributed by atoms with van der Waals surface area (Å²) < 4.78 is 21.0. The molecule has 10 nitrogen and oxygen atoms in total. The minimum absolute atomic E-state index is 0.0379. The van der Waals surface area contributed by atoms with Gasteiger partial charge in [-0.1, -0.05) is 6.07 Å². The largest absolute Gasteiger partial charge is 0.733 e. The summed E-state index contributed by atoms with van der Waals surface area (Å²) in [5.74, 6) is -0.943. The van der Waals surface area contributed by atoms with Crippen LogP contribution >= 0.6 is 0 Å². The highest BCUT2D eigenvalue weighted by atomic mass is 16.8. The van der Waals surface area contributed by atoms with Crippen molar-refractivity contribution in [2.24, 2.45) is 0 Å². The lowest BCUT2D eigenvalue weighted by Gasteiger charge is -2.21. The Kier molecular flexibility index (Phi) is 6.26. The summed E-state index contributed by atoms with van der Waals surface area (Å²) in [5.41, 5.74) is -0.0702. The number of esters is 2. The Morgan fingerprint density at radius 2 is 1.68 bits per heavy atom. The molecule has 0 aliphatic heterocycles. The Morgan fingerprint density at radius 1 is 0.941 bits per heavy atom. The van der Waals surface area contributed by atoms with Crippen molar-refractivity contribution in [2.45, 2.75) is 0 Å². The highest BCUT2D eigenvalue weighted by molar-refractivity contribution is 5.92. The molecule has 1 heterocycles. The van der Waals surface area contributed by atoms with Crippen molar-refractivity contribution in [2.75, 3.05) is 12.3 Å². The van der Waals surface area contributed by atoms with E-state index in [2.05, 4.69) is 4.74 Å². The Labute approximate surface area is 191 Å². The average molecular weight is 462 g/mol. The maximum atomic E-state index is 12.8. The van der Waals surface area contributed by atoms with Crippen molar-refractivity contribution in [1.82, 2.24) is 0 Å². The van der Waals surface area contributed by atoms with Crippen molar-refractivity contribution >= 4 is 28.6 Å². The molecule has 0 fully saturated rings. The summed E-state index contributed by atoms with van der Waals surface area (Å²) in [5, 5.41) is 19.8. The van der Waals surface area contributed by atoms with Crippen LogP contribution in [-0.2, 0) is 4.74 Å². The fourth-order valence-electron chi connectivity index (χ4n) is 3.05. The second kappa shape index (κ2) is 9.45. The van der Waals surface area contributed by atoms with Gasteiger partial charge in [-0.05, 0) is 54.6 Å². The smallest absolute Gasteiger partial charge is 0.343 e. The van der Waals surface area contributed by atoms with E-state index in [9.17, 15) is 19.6 Å². The minimum Gasteiger partial charge on any atom is -0.733 e. The van der Waals surface area contributed by atoms with E-state index in [-0.39, 0.29) is 38.9 Å². The molecule has 1 N–H and O–H groups in total. The van der Waals surface area contributed by atoms with Gasteiger partial charge in [0.2, 0.25) is 11.2 Å². The summed E-state index contributed by atoms with van der Waals surface area (Å²) in [6, 6.07) is 15.5. The van der Waals surface area contributed by atoms with E-state index in [1.807, 2.05) is 0 Å². The quantitative estimate of drug-likeness (QED) is 0.251. The zero-order valence-electron chi connectivity index (χ0n) is 17.6. The van der Waals surface area contributed by atoms with E-state index in [4.69, 9.17) is 19.1 Å². The van der Waals surface area contributed by atoms with Crippen molar-refractivity contribution in [3.05, 3.63) is 99.6 Å². The van der Waals surface area contributed by atoms with Crippen LogP contribution < -0.4 is 20.1 Å². The van der Waals surface area contributed by atoms with Crippen LogP contribution in [0, 0.1) is 5.21 Å². The third-order valence-corrected chi connectivity index (χ3v) is 4.73. The van der Waals surface area contributed by atoms with Crippen molar-refractivity contribution in [3.8, 4) is 17.2 Å². The summed E-state index contributed by atoms with van der Waals surface area (Å²) in [6.45, 7) is 0. The lowest BCUT2D eigenvalue weighted by molar-refractivity contribution is 0.0600. The van der Waals surface area contributed by atoms with Gasteiger partial charge in [-0.2, -0.15) is 0 Å². The molecule has 172 valence electrons. The molecule has 4 aromatic rings. The van der Waals surface area contributed by atoms with Gasteiger partial charge in [-0.25, -0.2) is 9.59 Å². The average Bonchev–Trinajstić information content (AvgIpc) is 2.85. The monoisotopic (exact) mass is 462 g/mol. The molecular formula is C24H16NO9-. The van der Waals surface area contributed by atoms with E-state index in [1.54, 1.807) is 0 Å². The molecule has 34 heavy (non-hydrogen) atoms. The van der Waals surface area contributed by atoms with Crippen LogP contribution in [-0.4, -0.2) is 24.3 Å². The molecule has 0 aliphatic rings. The number of rotatable bonds is 6. The lowest BCUT2D eigenvalue weighted by atomic mass is 10.2. The number of benzene rings is 3. The van der Waals surface area contributed by atoms with Gasteiger partial charge in [0.1, 0.15) is 23.3 Å². The number of anilines is 1. The Bertz CT molecular complexity index is 1420. The number of nitrogens with zero attached hydrogens (tertiary/aromatic N) is 1. The van der Waals surface area contributed by atoms with Crippen molar-refractivity contribution in [1.29, 1.82) is 0 Å². The van der Waals surface area contributed by atoms with Gasteiger partial charge in [0.25, 0.3) is 0 Å². The predicted octanol–water partition coefficient (Wildman–Crippen LogP) is 4.28. The molecule has 0 saturated carbocycles. The Balaban J connectivity index is 1.53. The number of ether oxygens (including phenoxy) is 3. The summed E-state index contributed by atoms with van der Waals surface area (Å²) >= 11 is 0. The van der Waals surface area contributed by atoms with E-state index < -0.39 is 17.4 Å². The standard InChI is InChI=1S/C24H16NO9/c1-31-23(27)14-5-7-17(8-6-14)33-21-13-32-20-12-18(9-10-19(20)22(21)26)34-24(28)15-3-2-4-16(11-15)25(29)30/h2-13,29H,1H3/q-1. The van der Waals surface area contributed by atoms with Crippen LogP contribution in [0.2, 0.25) is 0 Å². The zero-order valence-corrected chi connectivity index (χ0v) is 17.6. The highest BCUT2D eigenvalue weighted by Crippen LogP contribution is 2.25. The van der Waals surface area contributed by atoms with Gasteiger partial charge in [0.15, 0.2) is 0 Å². The molecule has 0 amide bonds. The Hall–Kier alpha value is -4.67. The van der Waals surface area contributed by atoms with Gasteiger partial charge in [-0.15, -0.1) is 0 Å². The fourth-order valence-corrected chi connectivity index (χ4v) is 3.05. The first-order valence-corrected chi connectivity index (χ1v) is 9.76. The SMILES string of the molecule is COC(=O)c1ccc(Oc2coc3cc(OC(=O)c4cccc(N([O-])O)c4)ccc3c2=O)cc1. The molecule has 0 saturated heterocycles. The molecule has 0 spiro atoms. The van der Waals surface area contributed by atoms with Crippen molar-refractivity contribution in [3.63, 3.8) is 0 Å². The number of hydrogen-bond acceptors (Lipinski definition) is 10. The third-order valence-electron chi connectivity index (χ3n) is 4.73. The van der Waals surface area contributed by atoms with Crippen LogP contribution in [0.1, 0.15) is 20.7 Å². The molecule has 0 aliphatic carbocycles. The molecule has 0 atom stereocenters. The molecule has 3 aromatic carbocycles. The van der Waals surface area contributed by atoms with Gasteiger partial charge in [-0.3, -0.25) is 10.0 Å². The highest BCUT2D eigenvalue weighted by Gasteiger charge is 2.14. The third kappa shape index (κ3) is 4.72. The second-order valence-corrected chi connectivity index (χ2v) is 6.92. The number of carbonyl (C=O) groups excluding carboxylic acids is 2. The molecule has 1 aromatic heterocycles. The molecular weight excluding hydrogens is 446 g/mol. The second-order valence-electron chi connectivity index (χ2n) is 6.92. The van der Waals surface area contributed by atoms with E-state index in [1.165, 1.54) is 67.8 Å². The van der Waals surface area contributed by atoms with E-state index in [0.29, 0.717) is 11.3 Å². The van der Waals surface area contributed by atoms with Crippen LogP contribution in [0.5, 0.6) is 17.2 Å². The first kappa shape index (κ1) is 22.5. The topological polar surface area (TPSA) is 139 Å². The van der Waals surface area contributed by atoms with Gasteiger partial charge >= 0.3 is 11.9 Å².